The van der Waals surface area contributed by atoms with Crippen LogP contribution >= 0.6 is 0 Å². The van der Waals surface area contributed by atoms with Crippen LogP contribution in [0.2, 0.25) is 0 Å². The Morgan fingerprint density at radius 3 is 3.00 bits per heavy atom. The Morgan fingerprint density at radius 1 is 1.58 bits per heavy atom. The molecule has 1 aliphatic rings. The molecule has 100 valence electrons. The number of anilines is 1. The van der Waals surface area contributed by atoms with E-state index in [2.05, 4.69) is 10.3 Å². The van der Waals surface area contributed by atoms with Crippen molar-refractivity contribution in [2.24, 2.45) is 0 Å². The molecule has 6 heteroatoms. The fourth-order valence-corrected chi connectivity index (χ4v) is 1.93. The van der Waals surface area contributed by atoms with Crippen LogP contribution in [0.5, 0.6) is 0 Å². The number of nitrogens with one attached hydrogen (secondary N) is 1. The third-order valence-electron chi connectivity index (χ3n) is 2.97. The smallest absolute Gasteiger partial charge is 0.244 e. The fourth-order valence-electron chi connectivity index (χ4n) is 1.93. The Bertz CT molecular complexity index is 492. The highest BCUT2D eigenvalue weighted by atomic mass is 16.5. The Hall–Kier alpha value is -2.13. The van der Waals surface area contributed by atoms with Gasteiger partial charge in [-0.2, -0.15) is 5.26 Å². The molecule has 1 saturated heterocycles. The number of pyridine rings is 1. The van der Waals surface area contributed by atoms with E-state index in [-0.39, 0.29) is 5.91 Å². The highest BCUT2D eigenvalue weighted by Crippen LogP contribution is 2.12. The van der Waals surface area contributed by atoms with Gasteiger partial charge in [-0.25, -0.2) is 4.98 Å². The van der Waals surface area contributed by atoms with Gasteiger partial charge in [-0.15, -0.1) is 0 Å². The van der Waals surface area contributed by atoms with Crippen LogP contribution < -0.4 is 5.32 Å². The molecule has 1 amide bonds. The summed E-state index contributed by atoms with van der Waals surface area (Å²) >= 11 is 0. The number of aromatic nitrogens is 1. The molecule has 19 heavy (non-hydrogen) atoms. The normalized spacial score (nSPS) is 16.5. The van der Waals surface area contributed by atoms with Crippen molar-refractivity contribution in [3.63, 3.8) is 0 Å². The summed E-state index contributed by atoms with van der Waals surface area (Å²) in [6.45, 7) is 4.14. The Labute approximate surface area is 112 Å². The van der Waals surface area contributed by atoms with Crippen LogP contribution in [0.1, 0.15) is 12.5 Å². The van der Waals surface area contributed by atoms with Gasteiger partial charge in [0, 0.05) is 19.3 Å². The van der Waals surface area contributed by atoms with Gasteiger partial charge >= 0.3 is 0 Å². The van der Waals surface area contributed by atoms with E-state index in [1.165, 1.54) is 0 Å². The monoisotopic (exact) mass is 260 g/mol. The summed E-state index contributed by atoms with van der Waals surface area (Å²) < 4.78 is 5.21. The van der Waals surface area contributed by atoms with E-state index in [0.29, 0.717) is 37.7 Å². The highest BCUT2D eigenvalue weighted by molar-refractivity contribution is 5.84. The fraction of sp³-hybridized carbons (Fsp3) is 0.462. The molecule has 2 rings (SSSR count). The molecule has 2 heterocycles. The molecule has 1 fully saturated rings. The molecule has 0 spiro atoms. The molecular weight excluding hydrogens is 244 g/mol. The number of carbonyl (C=O) groups excluding carboxylic acids is 1. The number of morpholine rings is 1. The van der Waals surface area contributed by atoms with Gasteiger partial charge in [0.25, 0.3) is 0 Å². The summed E-state index contributed by atoms with van der Waals surface area (Å²) in [7, 11) is 0. The largest absolute Gasteiger partial charge is 0.378 e. The second-order valence-corrected chi connectivity index (χ2v) is 4.32. The second kappa shape index (κ2) is 6.16. The zero-order chi connectivity index (χ0) is 13.7. The van der Waals surface area contributed by atoms with Gasteiger partial charge in [0.15, 0.2) is 0 Å². The van der Waals surface area contributed by atoms with Crippen molar-refractivity contribution in [3.05, 3.63) is 23.9 Å². The quantitative estimate of drug-likeness (QED) is 0.861. The van der Waals surface area contributed by atoms with Crippen LogP contribution in [0, 0.1) is 11.3 Å². The van der Waals surface area contributed by atoms with Gasteiger partial charge in [-0.05, 0) is 19.1 Å². The lowest BCUT2D eigenvalue weighted by molar-refractivity contribution is -0.135. The maximum atomic E-state index is 12.2. The minimum absolute atomic E-state index is 0.00200. The van der Waals surface area contributed by atoms with Crippen molar-refractivity contribution < 1.29 is 9.53 Å². The van der Waals surface area contributed by atoms with Gasteiger partial charge in [0.05, 0.1) is 18.8 Å². The number of hydrogen-bond donors (Lipinski definition) is 1. The van der Waals surface area contributed by atoms with Gasteiger partial charge in [-0.3, -0.25) is 4.79 Å². The number of carbonyl (C=O) groups is 1. The van der Waals surface area contributed by atoms with Gasteiger partial charge in [0.1, 0.15) is 17.9 Å². The topological polar surface area (TPSA) is 78.2 Å². The Morgan fingerprint density at radius 2 is 2.32 bits per heavy atom. The van der Waals surface area contributed by atoms with Crippen molar-refractivity contribution in [1.29, 1.82) is 5.26 Å². The van der Waals surface area contributed by atoms with Crippen molar-refractivity contribution in [3.8, 4) is 6.07 Å². The van der Waals surface area contributed by atoms with Crippen LogP contribution in [-0.4, -0.2) is 48.1 Å². The Balaban J connectivity index is 2.02. The summed E-state index contributed by atoms with van der Waals surface area (Å²) in [5.74, 6) is 0.442. The number of hydrogen-bond acceptors (Lipinski definition) is 5. The van der Waals surface area contributed by atoms with Crippen LogP contribution in [0.25, 0.3) is 0 Å². The number of ether oxygens (including phenoxy) is 1. The number of rotatable bonds is 3. The average molecular weight is 260 g/mol. The molecule has 1 unspecified atom stereocenters. The summed E-state index contributed by atoms with van der Waals surface area (Å²) in [4.78, 5) is 18.0. The van der Waals surface area contributed by atoms with Gasteiger partial charge in [0.2, 0.25) is 5.91 Å². The third kappa shape index (κ3) is 3.20. The van der Waals surface area contributed by atoms with Crippen LogP contribution in [0.15, 0.2) is 18.3 Å². The molecule has 0 bridgehead atoms. The van der Waals surface area contributed by atoms with E-state index in [1.54, 1.807) is 30.2 Å². The second-order valence-electron chi connectivity index (χ2n) is 4.32. The minimum Gasteiger partial charge on any atom is -0.378 e. The SMILES string of the molecule is CC(Nc1ncccc1C#N)C(=O)N1CCOCC1. The average Bonchev–Trinajstić information content (AvgIpc) is 2.48. The lowest BCUT2D eigenvalue weighted by atomic mass is 10.2. The number of amides is 1. The molecule has 1 aromatic rings. The Kier molecular flexibility index (Phi) is 4.31. The number of nitrogens with zero attached hydrogens (tertiary/aromatic N) is 3. The first-order valence-corrected chi connectivity index (χ1v) is 6.20. The molecule has 1 atom stereocenters. The molecule has 1 aromatic heterocycles. The zero-order valence-electron chi connectivity index (χ0n) is 10.8. The maximum absolute atomic E-state index is 12.2. The van der Waals surface area contributed by atoms with Crippen molar-refractivity contribution in [2.45, 2.75) is 13.0 Å². The summed E-state index contributed by atoms with van der Waals surface area (Å²) in [6.07, 6.45) is 1.59. The van der Waals surface area contributed by atoms with E-state index >= 15 is 0 Å². The van der Waals surface area contributed by atoms with Crippen LogP contribution in [-0.2, 0) is 9.53 Å². The lowest BCUT2D eigenvalue weighted by Crippen LogP contribution is -2.47. The van der Waals surface area contributed by atoms with Gasteiger partial charge in [-0.1, -0.05) is 0 Å². The maximum Gasteiger partial charge on any atom is 0.244 e. The van der Waals surface area contributed by atoms with Crippen molar-refractivity contribution >= 4 is 11.7 Å². The lowest BCUT2D eigenvalue weighted by Gasteiger charge is -2.29. The van der Waals surface area contributed by atoms with Crippen LogP contribution in [0.3, 0.4) is 0 Å². The van der Waals surface area contributed by atoms with Crippen LogP contribution in [0.4, 0.5) is 5.82 Å². The molecule has 0 aliphatic carbocycles. The standard InChI is InChI=1S/C13H16N4O2/c1-10(13(18)17-5-7-19-8-6-17)16-12-11(9-14)3-2-4-15-12/h2-4,10H,5-8H2,1H3,(H,15,16). The van der Waals surface area contributed by atoms with Crippen molar-refractivity contribution in [1.82, 2.24) is 9.88 Å². The van der Waals surface area contributed by atoms with E-state index in [0.717, 1.165) is 0 Å². The third-order valence-corrected chi connectivity index (χ3v) is 2.97. The molecule has 0 radical (unpaired) electrons. The molecule has 1 aliphatic heterocycles. The molecule has 1 N–H and O–H groups in total. The summed E-state index contributed by atoms with van der Waals surface area (Å²) in [6, 6.07) is 4.99. The summed E-state index contributed by atoms with van der Waals surface area (Å²) in [5.41, 5.74) is 0.434. The first kappa shape index (κ1) is 13.3. The van der Waals surface area contributed by atoms with E-state index in [1.807, 2.05) is 6.07 Å². The first-order chi connectivity index (χ1) is 9.22. The summed E-state index contributed by atoms with van der Waals surface area (Å²) in [5, 5.41) is 12.0. The predicted octanol–water partition coefficient (Wildman–Crippen LogP) is 0.612. The predicted molar refractivity (Wildman–Crippen MR) is 69.4 cm³/mol. The van der Waals surface area contributed by atoms with E-state index < -0.39 is 6.04 Å². The van der Waals surface area contributed by atoms with E-state index in [4.69, 9.17) is 10.00 Å². The van der Waals surface area contributed by atoms with Crippen molar-refractivity contribution in [2.75, 3.05) is 31.6 Å². The zero-order valence-corrected chi connectivity index (χ0v) is 10.8. The number of nitriles is 1. The molecule has 6 nitrogen and oxygen atoms in total. The molecular formula is C13H16N4O2. The first-order valence-electron chi connectivity index (χ1n) is 6.20. The molecule has 0 aromatic carbocycles. The molecule has 0 saturated carbocycles. The highest BCUT2D eigenvalue weighted by Gasteiger charge is 2.23. The van der Waals surface area contributed by atoms with E-state index in [9.17, 15) is 4.79 Å². The minimum atomic E-state index is -0.417. The van der Waals surface area contributed by atoms with Gasteiger partial charge < -0.3 is 15.0 Å².